The maximum Gasteiger partial charge on any atom is 0.246 e. The van der Waals surface area contributed by atoms with Gasteiger partial charge in [-0.25, -0.2) is 0 Å². The Morgan fingerprint density at radius 3 is 2.26 bits per heavy atom. The number of nitrogens with one attached hydrogen (secondary N) is 2. The van der Waals surface area contributed by atoms with E-state index in [-0.39, 0.29) is 5.91 Å². The smallest absolute Gasteiger partial charge is 0.246 e. The summed E-state index contributed by atoms with van der Waals surface area (Å²) in [5.74, 6) is 1.34. The molecule has 0 bridgehead atoms. The van der Waals surface area contributed by atoms with Crippen LogP contribution in [0.1, 0.15) is 25.0 Å². The molecule has 3 aromatic carbocycles. The van der Waals surface area contributed by atoms with Gasteiger partial charge >= 0.3 is 0 Å². The number of amides is 1. The molecule has 3 rings (SSSR count). The van der Waals surface area contributed by atoms with Gasteiger partial charge in [0, 0.05) is 11.4 Å². The van der Waals surface area contributed by atoms with Gasteiger partial charge in [0.25, 0.3) is 0 Å². The van der Waals surface area contributed by atoms with Gasteiger partial charge in [-0.15, -0.1) is 0 Å². The minimum Gasteiger partial charge on any atom is -0.494 e. The highest BCUT2D eigenvalue weighted by Gasteiger charge is 2.13. The summed E-state index contributed by atoms with van der Waals surface area (Å²) in [5.41, 5.74) is 3.07. The van der Waals surface area contributed by atoms with Crippen molar-refractivity contribution < 1.29 is 14.3 Å². The van der Waals surface area contributed by atoms with Crippen LogP contribution in [0.15, 0.2) is 72.8 Å². The fourth-order valence-corrected chi connectivity index (χ4v) is 2.91. The van der Waals surface area contributed by atoms with Crippen LogP contribution in [-0.4, -0.2) is 18.6 Å². The molecule has 0 aliphatic rings. The lowest BCUT2D eigenvalue weighted by molar-refractivity contribution is -0.116. The van der Waals surface area contributed by atoms with Crippen LogP contribution < -0.4 is 20.1 Å². The largest absolute Gasteiger partial charge is 0.494 e. The third-order valence-electron chi connectivity index (χ3n) is 4.53. The highest BCUT2D eigenvalue weighted by atomic mass is 16.5. The Morgan fingerprint density at radius 1 is 0.968 bits per heavy atom. The lowest BCUT2D eigenvalue weighted by atomic mass is 10.1. The molecule has 1 amide bonds. The van der Waals surface area contributed by atoms with Crippen molar-refractivity contribution in [2.45, 2.75) is 26.5 Å². The van der Waals surface area contributed by atoms with Gasteiger partial charge in [-0.05, 0) is 80.1 Å². The van der Waals surface area contributed by atoms with Gasteiger partial charge in [0.05, 0.1) is 18.2 Å². The molecule has 0 saturated heterocycles. The Kier molecular flexibility index (Phi) is 7.50. The summed E-state index contributed by atoms with van der Waals surface area (Å²) in [4.78, 5) is 12.5. The summed E-state index contributed by atoms with van der Waals surface area (Å²) in [6.45, 7) is 4.71. The number of hydrogen-bond acceptors (Lipinski definition) is 5. The maximum absolute atomic E-state index is 12.5. The van der Waals surface area contributed by atoms with Crippen LogP contribution in [0.2, 0.25) is 0 Å². The molecule has 0 aliphatic heterocycles. The molecular weight excluding hydrogens is 390 g/mol. The number of nitrogens with zero attached hydrogens (tertiary/aromatic N) is 1. The van der Waals surface area contributed by atoms with Crippen molar-refractivity contribution >= 4 is 17.3 Å². The maximum atomic E-state index is 12.5. The van der Waals surface area contributed by atoms with Crippen LogP contribution in [0.25, 0.3) is 0 Å². The third-order valence-corrected chi connectivity index (χ3v) is 4.53. The van der Waals surface area contributed by atoms with Crippen molar-refractivity contribution in [1.82, 2.24) is 0 Å². The first-order valence-corrected chi connectivity index (χ1v) is 10.1. The topological polar surface area (TPSA) is 83.4 Å². The molecule has 6 nitrogen and oxygen atoms in total. The van der Waals surface area contributed by atoms with Gasteiger partial charge in [-0.3, -0.25) is 4.79 Å². The number of anilines is 2. The molecule has 0 saturated carbocycles. The molecule has 31 heavy (non-hydrogen) atoms. The van der Waals surface area contributed by atoms with Gasteiger partial charge in [0.2, 0.25) is 5.91 Å². The third kappa shape index (κ3) is 6.51. The highest BCUT2D eigenvalue weighted by molar-refractivity contribution is 5.96. The Balaban J connectivity index is 1.50. The number of ether oxygens (including phenoxy) is 2. The summed E-state index contributed by atoms with van der Waals surface area (Å²) in [5, 5.41) is 15.0. The predicted octanol–water partition coefficient (Wildman–Crippen LogP) is 4.98. The van der Waals surface area contributed by atoms with E-state index in [1.165, 1.54) is 0 Å². The average molecular weight is 415 g/mol. The standard InChI is InChI=1S/C25H25N3O3/c1-3-30-23-11-9-22(10-12-23)28-25(29)18(2)27-21-7-13-24(14-8-21)31-17-20-6-4-5-19(15-20)16-26/h4-15,18,27H,3,17H2,1-2H3,(H,28,29). The first-order valence-electron chi connectivity index (χ1n) is 10.1. The molecule has 2 N–H and O–H groups in total. The van der Waals surface area contributed by atoms with Gasteiger partial charge < -0.3 is 20.1 Å². The van der Waals surface area contributed by atoms with Crippen LogP contribution in [0.3, 0.4) is 0 Å². The quantitative estimate of drug-likeness (QED) is 0.515. The summed E-state index contributed by atoms with van der Waals surface area (Å²) in [6.07, 6.45) is 0. The van der Waals surface area contributed by atoms with E-state index >= 15 is 0 Å². The Bertz CT molecular complexity index is 1040. The predicted molar refractivity (Wildman–Crippen MR) is 121 cm³/mol. The highest BCUT2D eigenvalue weighted by Crippen LogP contribution is 2.19. The minimum absolute atomic E-state index is 0.137. The molecule has 0 aromatic heterocycles. The van der Waals surface area contributed by atoms with Gasteiger partial charge in [0.15, 0.2) is 0 Å². The van der Waals surface area contributed by atoms with Crippen LogP contribution in [-0.2, 0) is 11.4 Å². The molecule has 158 valence electrons. The summed E-state index contributed by atoms with van der Waals surface area (Å²) >= 11 is 0. The van der Waals surface area contributed by atoms with Crippen molar-refractivity contribution in [3.8, 4) is 17.6 Å². The molecule has 3 aromatic rings. The minimum atomic E-state index is -0.424. The van der Waals surface area contributed by atoms with E-state index in [1.807, 2.05) is 67.6 Å². The van der Waals surface area contributed by atoms with E-state index in [4.69, 9.17) is 14.7 Å². The van der Waals surface area contributed by atoms with E-state index < -0.39 is 6.04 Å². The Morgan fingerprint density at radius 2 is 1.61 bits per heavy atom. The molecule has 0 spiro atoms. The zero-order valence-corrected chi connectivity index (χ0v) is 17.6. The molecule has 0 fully saturated rings. The summed E-state index contributed by atoms with van der Waals surface area (Å²) in [6, 6.07) is 23.7. The number of carbonyl (C=O) groups is 1. The fourth-order valence-electron chi connectivity index (χ4n) is 2.91. The van der Waals surface area contributed by atoms with E-state index in [0.29, 0.717) is 30.2 Å². The number of benzene rings is 3. The second-order valence-electron chi connectivity index (χ2n) is 6.94. The van der Waals surface area contributed by atoms with E-state index in [2.05, 4.69) is 16.7 Å². The Hall–Kier alpha value is -3.98. The van der Waals surface area contributed by atoms with E-state index in [1.54, 1.807) is 19.1 Å². The van der Waals surface area contributed by atoms with E-state index in [9.17, 15) is 4.79 Å². The van der Waals surface area contributed by atoms with Gasteiger partial charge in [0.1, 0.15) is 24.1 Å². The monoisotopic (exact) mass is 415 g/mol. The van der Waals surface area contributed by atoms with Crippen molar-refractivity contribution in [3.63, 3.8) is 0 Å². The zero-order valence-electron chi connectivity index (χ0n) is 17.6. The fraction of sp³-hybridized carbons (Fsp3) is 0.200. The van der Waals surface area contributed by atoms with Crippen LogP contribution in [0, 0.1) is 11.3 Å². The molecule has 1 unspecified atom stereocenters. The molecule has 0 radical (unpaired) electrons. The van der Waals surface area contributed by atoms with Crippen LogP contribution in [0.4, 0.5) is 11.4 Å². The van der Waals surface area contributed by atoms with Crippen LogP contribution in [0.5, 0.6) is 11.5 Å². The first kappa shape index (κ1) is 21.7. The van der Waals surface area contributed by atoms with Gasteiger partial charge in [-0.2, -0.15) is 5.26 Å². The van der Waals surface area contributed by atoms with Crippen molar-refractivity contribution in [2.24, 2.45) is 0 Å². The second-order valence-corrected chi connectivity index (χ2v) is 6.94. The van der Waals surface area contributed by atoms with E-state index in [0.717, 1.165) is 17.0 Å². The second kappa shape index (κ2) is 10.7. The van der Waals surface area contributed by atoms with Crippen molar-refractivity contribution in [1.29, 1.82) is 5.26 Å². The van der Waals surface area contributed by atoms with Gasteiger partial charge in [-0.1, -0.05) is 12.1 Å². The van der Waals surface area contributed by atoms with Crippen LogP contribution >= 0.6 is 0 Å². The summed E-state index contributed by atoms with van der Waals surface area (Å²) in [7, 11) is 0. The average Bonchev–Trinajstić information content (AvgIpc) is 2.80. The molecule has 0 heterocycles. The molecule has 0 aliphatic carbocycles. The first-order chi connectivity index (χ1) is 15.1. The zero-order chi connectivity index (χ0) is 22.1. The SMILES string of the molecule is CCOc1ccc(NC(=O)C(C)Nc2ccc(OCc3cccc(C#N)c3)cc2)cc1. The van der Waals surface area contributed by atoms with Crippen molar-refractivity contribution in [2.75, 3.05) is 17.2 Å². The Labute approximate surface area is 182 Å². The molecular formula is C25H25N3O3. The van der Waals surface area contributed by atoms with Crippen molar-refractivity contribution in [3.05, 3.63) is 83.9 Å². The number of rotatable bonds is 9. The number of hydrogen-bond donors (Lipinski definition) is 2. The summed E-state index contributed by atoms with van der Waals surface area (Å²) < 4.78 is 11.2. The lowest BCUT2D eigenvalue weighted by Crippen LogP contribution is -2.31. The molecule has 1 atom stereocenters. The lowest BCUT2D eigenvalue weighted by Gasteiger charge is -2.16. The molecule has 6 heteroatoms. The normalized spacial score (nSPS) is 11.1. The number of carbonyl (C=O) groups excluding carboxylic acids is 1. The number of nitriles is 1.